The average Bonchev–Trinajstić information content (AvgIpc) is 2.85. The zero-order chi connectivity index (χ0) is 14.9. The molecule has 20 heavy (non-hydrogen) atoms. The quantitative estimate of drug-likeness (QED) is 0.917. The first-order valence-electron chi connectivity index (χ1n) is 7.26. The fraction of sp³-hybridized carbons (Fsp3) is 0.733. The van der Waals surface area contributed by atoms with E-state index >= 15 is 0 Å². The number of nitrogens with zero attached hydrogens (tertiary/aromatic N) is 3. The van der Waals surface area contributed by atoms with Crippen molar-refractivity contribution in [2.45, 2.75) is 58.0 Å². The number of rotatable bonds is 4. The molecule has 1 unspecified atom stereocenters. The summed E-state index contributed by atoms with van der Waals surface area (Å²) in [6.07, 6.45) is 4.38. The molecule has 2 heterocycles. The van der Waals surface area contributed by atoms with Gasteiger partial charge in [0.2, 0.25) is 0 Å². The third-order valence-corrected chi connectivity index (χ3v) is 3.90. The van der Waals surface area contributed by atoms with Crippen LogP contribution in [0.4, 0.5) is 0 Å². The van der Waals surface area contributed by atoms with Gasteiger partial charge in [0.15, 0.2) is 0 Å². The number of aryl methyl sites for hydroxylation is 1. The Balaban J connectivity index is 2.15. The highest BCUT2D eigenvalue weighted by Crippen LogP contribution is 2.28. The van der Waals surface area contributed by atoms with Crippen LogP contribution in [0.25, 0.3) is 0 Å². The predicted molar refractivity (Wildman–Crippen MR) is 77.6 cm³/mol. The predicted octanol–water partition coefficient (Wildman–Crippen LogP) is 2.16. The SMILES string of the molecule is Cn1cc(CN2CCCC2CC(=O)O)c(C(C)(C)C)n1. The van der Waals surface area contributed by atoms with E-state index in [9.17, 15) is 4.79 Å². The maximum atomic E-state index is 10.9. The molecule has 2 rings (SSSR count). The third-order valence-electron chi connectivity index (χ3n) is 3.90. The summed E-state index contributed by atoms with van der Waals surface area (Å²) >= 11 is 0. The van der Waals surface area contributed by atoms with Crippen LogP contribution in [-0.2, 0) is 23.8 Å². The minimum atomic E-state index is -0.705. The Kier molecular flexibility index (Phi) is 4.18. The molecule has 1 atom stereocenters. The van der Waals surface area contributed by atoms with Gasteiger partial charge in [-0.3, -0.25) is 14.4 Å². The third kappa shape index (κ3) is 3.39. The average molecular weight is 279 g/mol. The second-order valence-corrected chi connectivity index (χ2v) is 6.79. The van der Waals surface area contributed by atoms with Gasteiger partial charge in [0, 0.05) is 36.8 Å². The van der Waals surface area contributed by atoms with Gasteiger partial charge in [-0.25, -0.2) is 0 Å². The fourth-order valence-electron chi connectivity index (χ4n) is 3.04. The van der Waals surface area contributed by atoms with Crippen LogP contribution in [0.15, 0.2) is 6.20 Å². The minimum absolute atomic E-state index is 0.0125. The monoisotopic (exact) mass is 279 g/mol. The van der Waals surface area contributed by atoms with Crippen LogP contribution in [0.2, 0.25) is 0 Å². The maximum absolute atomic E-state index is 10.9. The highest BCUT2D eigenvalue weighted by molar-refractivity contribution is 5.67. The van der Waals surface area contributed by atoms with Crippen LogP contribution in [0.5, 0.6) is 0 Å². The summed E-state index contributed by atoms with van der Waals surface area (Å²) in [6, 6.07) is 0.167. The number of hydrogen-bond acceptors (Lipinski definition) is 3. The second-order valence-electron chi connectivity index (χ2n) is 6.79. The van der Waals surface area contributed by atoms with E-state index in [1.54, 1.807) is 0 Å². The van der Waals surface area contributed by atoms with Crippen molar-refractivity contribution in [3.8, 4) is 0 Å². The lowest BCUT2D eigenvalue weighted by atomic mass is 9.89. The van der Waals surface area contributed by atoms with Crippen molar-refractivity contribution in [2.24, 2.45) is 7.05 Å². The summed E-state index contributed by atoms with van der Waals surface area (Å²) in [5.74, 6) is -0.705. The standard InChI is InChI=1S/C15H25N3O2/c1-15(2,3)14-11(9-17(4)16-14)10-18-7-5-6-12(18)8-13(19)20/h9,12H,5-8,10H2,1-4H3,(H,19,20). The Morgan fingerprint density at radius 2 is 2.20 bits per heavy atom. The molecule has 1 aromatic heterocycles. The molecular weight excluding hydrogens is 254 g/mol. The largest absolute Gasteiger partial charge is 0.481 e. The number of carboxylic acid groups (broad SMARTS) is 1. The number of hydrogen-bond donors (Lipinski definition) is 1. The van der Waals surface area contributed by atoms with Gasteiger partial charge in [-0.15, -0.1) is 0 Å². The Bertz CT molecular complexity index is 488. The summed E-state index contributed by atoms with van der Waals surface area (Å²) < 4.78 is 1.86. The molecule has 0 aromatic carbocycles. The van der Waals surface area contributed by atoms with Crippen LogP contribution < -0.4 is 0 Å². The van der Waals surface area contributed by atoms with E-state index in [0.29, 0.717) is 0 Å². The van der Waals surface area contributed by atoms with Gasteiger partial charge < -0.3 is 5.11 Å². The molecule has 0 saturated carbocycles. The lowest BCUT2D eigenvalue weighted by Crippen LogP contribution is -2.31. The molecule has 1 N–H and O–H groups in total. The van der Waals surface area contributed by atoms with Crippen molar-refractivity contribution in [1.82, 2.24) is 14.7 Å². The highest BCUT2D eigenvalue weighted by Gasteiger charge is 2.29. The first-order chi connectivity index (χ1) is 9.27. The molecule has 5 nitrogen and oxygen atoms in total. The zero-order valence-electron chi connectivity index (χ0n) is 12.9. The van der Waals surface area contributed by atoms with Gasteiger partial charge in [0.1, 0.15) is 0 Å². The molecule has 0 radical (unpaired) electrons. The first kappa shape index (κ1) is 15.0. The van der Waals surface area contributed by atoms with Crippen LogP contribution in [0.1, 0.15) is 51.3 Å². The van der Waals surface area contributed by atoms with Gasteiger partial charge in [-0.2, -0.15) is 5.10 Å². The molecule has 1 fully saturated rings. The van der Waals surface area contributed by atoms with E-state index in [1.165, 1.54) is 5.56 Å². The van der Waals surface area contributed by atoms with E-state index in [2.05, 4.69) is 37.0 Å². The van der Waals surface area contributed by atoms with Gasteiger partial charge in [0.05, 0.1) is 12.1 Å². The van der Waals surface area contributed by atoms with Crippen molar-refractivity contribution in [3.05, 3.63) is 17.5 Å². The minimum Gasteiger partial charge on any atom is -0.481 e. The molecular formula is C15H25N3O2. The number of aliphatic carboxylic acids is 1. The number of aromatic nitrogens is 2. The number of carbonyl (C=O) groups is 1. The van der Waals surface area contributed by atoms with Crippen LogP contribution in [0, 0.1) is 0 Å². The topological polar surface area (TPSA) is 58.4 Å². The summed E-state index contributed by atoms with van der Waals surface area (Å²) in [5, 5.41) is 13.6. The summed E-state index contributed by atoms with van der Waals surface area (Å²) in [6.45, 7) is 8.28. The van der Waals surface area contributed by atoms with Gasteiger partial charge in [0.25, 0.3) is 0 Å². The molecule has 5 heteroatoms. The number of likely N-dealkylation sites (tertiary alicyclic amines) is 1. The van der Waals surface area contributed by atoms with E-state index in [-0.39, 0.29) is 17.9 Å². The smallest absolute Gasteiger partial charge is 0.304 e. The van der Waals surface area contributed by atoms with Crippen LogP contribution in [0.3, 0.4) is 0 Å². The van der Waals surface area contributed by atoms with Gasteiger partial charge in [-0.1, -0.05) is 20.8 Å². The van der Waals surface area contributed by atoms with Crippen LogP contribution in [-0.4, -0.2) is 38.3 Å². The summed E-state index contributed by atoms with van der Waals surface area (Å²) in [4.78, 5) is 13.2. The zero-order valence-corrected chi connectivity index (χ0v) is 12.9. The normalized spacial score (nSPS) is 20.5. The van der Waals surface area contributed by atoms with Crippen molar-refractivity contribution >= 4 is 5.97 Å². The molecule has 0 spiro atoms. The molecule has 112 valence electrons. The van der Waals surface area contributed by atoms with E-state index in [1.807, 2.05) is 11.7 Å². The highest BCUT2D eigenvalue weighted by atomic mass is 16.4. The first-order valence-corrected chi connectivity index (χ1v) is 7.26. The summed E-state index contributed by atoms with van der Waals surface area (Å²) in [7, 11) is 1.94. The molecule has 1 aliphatic rings. The fourth-order valence-corrected chi connectivity index (χ4v) is 3.04. The lowest BCUT2D eigenvalue weighted by Gasteiger charge is -2.25. The lowest BCUT2D eigenvalue weighted by molar-refractivity contribution is -0.138. The summed E-state index contributed by atoms with van der Waals surface area (Å²) in [5.41, 5.74) is 2.34. The van der Waals surface area contributed by atoms with E-state index in [4.69, 9.17) is 5.11 Å². The van der Waals surface area contributed by atoms with Crippen LogP contribution >= 0.6 is 0 Å². The number of carboxylic acids is 1. The Morgan fingerprint density at radius 1 is 1.50 bits per heavy atom. The molecule has 0 amide bonds. The Labute approximate surface area is 120 Å². The van der Waals surface area contributed by atoms with E-state index in [0.717, 1.165) is 31.6 Å². The van der Waals surface area contributed by atoms with Crippen molar-refractivity contribution in [3.63, 3.8) is 0 Å². The van der Waals surface area contributed by atoms with Gasteiger partial charge >= 0.3 is 5.97 Å². The van der Waals surface area contributed by atoms with Crippen molar-refractivity contribution in [1.29, 1.82) is 0 Å². The Hall–Kier alpha value is -1.36. The van der Waals surface area contributed by atoms with Crippen molar-refractivity contribution < 1.29 is 9.90 Å². The van der Waals surface area contributed by atoms with E-state index < -0.39 is 5.97 Å². The maximum Gasteiger partial charge on any atom is 0.304 e. The molecule has 0 bridgehead atoms. The second kappa shape index (κ2) is 5.56. The molecule has 1 saturated heterocycles. The van der Waals surface area contributed by atoms with Crippen molar-refractivity contribution in [2.75, 3.05) is 6.54 Å². The molecule has 1 aliphatic heterocycles. The Morgan fingerprint density at radius 3 is 2.80 bits per heavy atom. The molecule has 1 aromatic rings. The van der Waals surface area contributed by atoms with Gasteiger partial charge in [-0.05, 0) is 19.4 Å². The molecule has 0 aliphatic carbocycles.